The summed E-state index contributed by atoms with van der Waals surface area (Å²) in [6, 6.07) is 12.6. The summed E-state index contributed by atoms with van der Waals surface area (Å²) in [5.74, 6) is 1.29. The van der Waals surface area contributed by atoms with Crippen LogP contribution in [-0.2, 0) is 5.41 Å². The molecule has 1 fully saturated rings. The highest BCUT2D eigenvalue weighted by Gasteiger charge is 2.35. The van der Waals surface area contributed by atoms with E-state index in [2.05, 4.69) is 10.6 Å². The van der Waals surface area contributed by atoms with Crippen molar-refractivity contribution in [1.29, 1.82) is 0 Å². The summed E-state index contributed by atoms with van der Waals surface area (Å²) in [5.41, 5.74) is 2.04. The second-order valence-electron chi connectivity index (χ2n) is 7.16. The van der Waals surface area contributed by atoms with Crippen molar-refractivity contribution in [3.8, 4) is 11.5 Å². The van der Waals surface area contributed by atoms with E-state index >= 15 is 0 Å². The summed E-state index contributed by atoms with van der Waals surface area (Å²) in [5, 5.41) is 7.15. The van der Waals surface area contributed by atoms with Gasteiger partial charge in [-0.1, -0.05) is 25.0 Å². The number of anilines is 1. The smallest absolute Gasteiger partial charge is 0.170 e. The molecule has 1 aliphatic carbocycles. The van der Waals surface area contributed by atoms with E-state index in [0.29, 0.717) is 18.3 Å². The van der Waals surface area contributed by atoms with Gasteiger partial charge in [-0.3, -0.25) is 0 Å². The van der Waals surface area contributed by atoms with Crippen LogP contribution in [0.5, 0.6) is 11.5 Å². The molecule has 0 atom stereocenters. The Morgan fingerprint density at radius 1 is 1.00 bits per heavy atom. The van der Waals surface area contributed by atoms with Crippen LogP contribution >= 0.6 is 12.2 Å². The summed E-state index contributed by atoms with van der Waals surface area (Å²) in [4.78, 5) is 0. The molecule has 0 amide bonds. The molecule has 2 aliphatic rings. The van der Waals surface area contributed by atoms with Gasteiger partial charge in [-0.2, -0.15) is 0 Å². The Bertz CT molecular complexity index is 819. The molecule has 2 N–H and O–H groups in total. The predicted molar refractivity (Wildman–Crippen MR) is 108 cm³/mol. The Balaban J connectivity index is 1.41. The van der Waals surface area contributed by atoms with Gasteiger partial charge in [0.2, 0.25) is 0 Å². The SMILES string of the molecule is Fc1ccc(C2(CNC(=S)Nc3ccc4c(c3)OCCO4)CCCC2)cc1. The van der Waals surface area contributed by atoms with Gasteiger partial charge in [0.25, 0.3) is 0 Å². The lowest BCUT2D eigenvalue weighted by molar-refractivity contribution is 0.171. The molecule has 6 heteroatoms. The monoisotopic (exact) mass is 386 g/mol. The molecule has 0 bridgehead atoms. The lowest BCUT2D eigenvalue weighted by Gasteiger charge is -2.30. The zero-order valence-corrected chi connectivity index (χ0v) is 15.9. The van der Waals surface area contributed by atoms with Crippen molar-refractivity contribution in [2.45, 2.75) is 31.1 Å². The first-order valence-corrected chi connectivity index (χ1v) is 9.76. The Labute approximate surface area is 164 Å². The molecular formula is C21H23FN2O2S. The van der Waals surface area contributed by atoms with E-state index in [0.717, 1.165) is 36.6 Å². The van der Waals surface area contributed by atoms with E-state index in [4.69, 9.17) is 21.7 Å². The summed E-state index contributed by atoms with van der Waals surface area (Å²) in [6.07, 6.45) is 4.53. The fourth-order valence-electron chi connectivity index (χ4n) is 3.97. The molecule has 0 saturated heterocycles. The maximum Gasteiger partial charge on any atom is 0.170 e. The second kappa shape index (κ2) is 7.72. The Hall–Kier alpha value is -2.34. The van der Waals surface area contributed by atoms with Gasteiger partial charge >= 0.3 is 0 Å². The first-order valence-electron chi connectivity index (χ1n) is 9.35. The normalized spacial score (nSPS) is 17.4. The fraction of sp³-hybridized carbons (Fsp3) is 0.381. The van der Waals surface area contributed by atoms with Crippen LogP contribution in [0.25, 0.3) is 0 Å². The average molecular weight is 386 g/mol. The minimum absolute atomic E-state index is 0.00619. The zero-order chi connectivity index (χ0) is 18.7. The number of nitrogens with one attached hydrogen (secondary N) is 2. The van der Waals surface area contributed by atoms with Gasteiger partial charge in [0, 0.05) is 23.7 Å². The number of ether oxygens (including phenoxy) is 2. The van der Waals surface area contributed by atoms with Gasteiger partial charge in [-0.05, 0) is 54.9 Å². The van der Waals surface area contributed by atoms with E-state index in [1.165, 1.54) is 18.4 Å². The van der Waals surface area contributed by atoms with E-state index in [9.17, 15) is 4.39 Å². The van der Waals surface area contributed by atoms with Gasteiger partial charge in [-0.15, -0.1) is 0 Å². The van der Waals surface area contributed by atoms with Crippen LogP contribution < -0.4 is 20.1 Å². The highest BCUT2D eigenvalue weighted by Crippen LogP contribution is 2.40. The zero-order valence-electron chi connectivity index (χ0n) is 15.1. The van der Waals surface area contributed by atoms with Crippen molar-refractivity contribution in [2.24, 2.45) is 0 Å². The highest BCUT2D eigenvalue weighted by molar-refractivity contribution is 7.80. The third kappa shape index (κ3) is 4.00. The molecule has 4 rings (SSSR count). The number of hydrogen-bond donors (Lipinski definition) is 2. The molecule has 27 heavy (non-hydrogen) atoms. The lowest BCUT2D eigenvalue weighted by Crippen LogP contribution is -2.40. The van der Waals surface area contributed by atoms with E-state index in [-0.39, 0.29) is 11.2 Å². The number of halogens is 1. The van der Waals surface area contributed by atoms with Gasteiger partial charge in [-0.25, -0.2) is 4.39 Å². The first-order chi connectivity index (χ1) is 13.1. The van der Waals surface area contributed by atoms with Crippen LogP contribution in [0.2, 0.25) is 0 Å². The number of hydrogen-bond acceptors (Lipinski definition) is 3. The maximum absolute atomic E-state index is 13.3. The van der Waals surface area contributed by atoms with Gasteiger partial charge in [0.15, 0.2) is 16.6 Å². The molecule has 0 aromatic heterocycles. The molecule has 0 spiro atoms. The summed E-state index contributed by atoms with van der Waals surface area (Å²) >= 11 is 5.49. The second-order valence-corrected chi connectivity index (χ2v) is 7.57. The minimum Gasteiger partial charge on any atom is -0.486 e. The van der Waals surface area contributed by atoms with Gasteiger partial charge in [0.1, 0.15) is 19.0 Å². The van der Waals surface area contributed by atoms with Crippen LogP contribution in [0.15, 0.2) is 42.5 Å². The number of benzene rings is 2. The molecule has 1 heterocycles. The van der Waals surface area contributed by atoms with Crippen molar-refractivity contribution >= 4 is 23.0 Å². The van der Waals surface area contributed by atoms with E-state index in [1.807, 2.05) is 30.3 Å². The van der Waals surface area contributed by atoms with Crippen LogP contribution in [0, 0.1) is 5.82 Å². The summed E-state index contributed by atoms with van der Waals surface area (Å²) < 4.78 is 24.5. The summed E-state index contributed by atoms with van der Waals surface area (Å²) in [6.45, 7) is 1.86. The van der Waals surface area contributed by atoms with E-state index in [1.54, 1.807) is 12.1 Å². The third-order valence-corrected chi connectivity index (χ3v) is 5.65. The Morgan fingerprint density at radius 3 is 2.44 bits per heavy atom. The number of thiocarbonyl (C=S) groups is 1. The average Bonchev–Trinajstić information content (AvgIpc) is 3.17. The molecule has 2 aromatic carbocycles. The van der Waals surface area contributed by atoms with Crippen LogP contribution in [0.3, 0.4) is 0 Å². The largest absolute Gasteiger partial charge is 0.486 e. The minimum atomic E-state index is -0.198. The predicted octanol–water partition coefficient (Wildman–Crippen LogP) is 4.40. The Morgan fingerprint density at radius 2 is 1.70 bits per heavy atom. The van der Waals surface area contributed by atoms with Gasteiger partial charge in [0.05, 0.1) is 0 Å². The van der Waals surface area contributed by atoms with Crippen molar-refractivity contribution < 1.29 is 13.9 Å². The molecule has 0 unspecified atom stereocenters. The summed E-state index contributed by atoms with van der Waals surface area (Å²) in [7, 11) is 0. The van der Waals surface area contributed by atoms with Crippen molar-refractivity contribution in [1.82, 2.24) is 5.32 Å². The highest BCUT2D eigenvalue weighted by atomic mass is 32.1. The van der Waals surface area contributed by atoms with Crippen LogP contribution in [0.1, 0.15) is 31.2 Å². The lowest BCUT2D eigenvalue weighted by atomic mass is 9.79. The third-order valence-electron chi connectivity index (χ3n) is 5.40. The molecule has 1 aliphatic heterocycles. The molecule has 4 nitrogen and oxygen atoms in total. The molecule has 0 radical (unpaired) electrons. The first kappa shape index (κ1) is 18.0. The number of fused-ring (bicyclic) bond motifs is 1. The standard InChI is InChI=1S/C21H23FN2O2S/c22-16-5-3-15(4-6-16)21(9-1-2-10-21)14-23-20(27)24-17-7-8-18-19(13-17)26-12-11-25-18/h3-8,13H,1-2,9-12,14H2,(H2,23,24,27). The van der Waals surface area contributed by atoms with E-state index < -0.39 is 0 Å². The molecule has 142 valence electrons. The van der Waals surface area contributed by atoms with Gasteiger partial charge < -0.3 is 20.1 Å². The molecule has 1 saturated carbocycles. The number of rotatable bonds is 4. The van der Waals surface area contributed by atoms with Crippen molar-refractivity contribution in [3.05, 3.63) is 53.8 Å². The van der Waals surface area contributed by atoms with Crippen LogP contribution in [-0.4, -0.2) is 24.9 Å². The molecule has 2 aromatic rings. The van der Waals surface area contributed by atoms with Crippen molar-refractivity contribution in [3.63, 3.8) is 0 Å². The quantitative estimate of drug-likeness (QED) is 0.763. The topological polar surface area (TPSA) is 42.5 Å². The van der Waals surface area contributed by atoms with Crippen molar-refractivity contribution in [2.75, 3.05) is 25.1 Å². The molecular weight excluding hydrogens is 363 g/mol. The maximum atomic E-state index is 13.3. The Kier molecular flexibility index (Phi) is 5.16. The fourth-order valence-corrected chi connectivity index (χ4v) is 4.16. The van der Waals surface area contributed by atoms with Crippen LogP contribution in [0.4, 0.5) is 10.1 Å².